The number of rotatable bonds is 5. The fourth-order valence-corrected chi connectivity index (χ4v) is 1.46. The van der Waals surface area contributed by atoms with Crippen molar-refractivity contribution in [1.29, 1.82) is 0 Å². The molecule has 1 N–H and O–H groups in total. The van der Waals surface area contributed by atoms with Crippen molar-refractivity contribution in [2.75, 3.05) is 5.32 Å². The second-order valence-corrected chi connectivity index (χ2v) is 4.96. The molecule has 1 aromatic rings. The molecule has 166 valence electrons. The standard InChI is InChI=1S/C12H3F14NO2/c13-3-1-2-4(6(15)5(3)14)27-7(28)8(16,10(19,20)21)29-12(25,26)9(17,18)11(22,23)24/h1-2H,(H,27,28). The maximum Gasteiger partial charge on any atom is 0.462 e. The van der Waals surface area contributed by atoms with Gasteiger partial charge in [-0.1, -0.05) is 0 Å². The van der Waals surface area contributed by atoms with E-state index in [0.717, 1.165) is 0 Å². The first-order chi connectivity index (χ1) is 12.7. The van der Waals surface area contributed by atoms with Gasteiger partial charge in [0.1, 0.15) is 0 Å². The second kappa shape index (κ2) is 7.17. The molecule has 0 aliphatic rings. The average Bonchev–Trinajstić information content (AvgIpc) is 2.52. The van der Waals surface area contributed by atoms with Gasteiger partial charge < -0.3 is 5.32 Å². The van der Waals surface area contributed by atoms with Crippen molar-refractivity contribution < 1.29 is 71.0 Å². The lowest BCUT2D eigenvalue weighted by molar-refractivity contribution is -0.472. The van der Waals surface area contributed by atoms with Gasteiger partial charge in [0.2, 0.25) is 0 Å². The van der Waals surface area contributed by atoms with Gasteiger partial charge in [-0.05, 0) is 12.1 Å². The molecule has 0 aliphatic carbocycles. The summed E-state index contributed by atoms with van der Waals surface area (Å²) in [5.74, 6) is -24.6. The van der Waals surface area contributed by atoms with Crippen molar-refractivity contribution in [2.24, 2.45) is 0 Å². The van der Waals surface area contributed by atoms with Crippen LogP contribution < -0.4 is 5.32 Å². The van der Waals surface area contributed by atoms with Gasteiger partial charge in [0.05, 0.1) is 5.69 Å². The number of amides is 1. The molecule has 0 aromatic heterocycles. The summed E-state index contributed by atoms with van der Waals surface area (Å²) in [6.07, 6.45) is -21.6. The molecule has 0 spiro atoms. The third-order valence-electron chi connectivity index (χ3n) is 2.93. The Hall–Kier alpha value is -2.33. The summed E-state index contributed by atoms with van der Waals surface area (Å²) in [5.41, 5.74) is -1.82. The van der Waals surface area contributed by atoms with Crippen LogP contribution in [0.4, 0.5) is 67.2 Å². The topological polar surface area (TPSA) is 38.3 Å². The van der Waals surface area contributed by atoms with E-state index in [2.05, 4.69) is 0 Å². The summed E-state index contributed by atoms with van der Waals surface area (Å²) >= 11 is 0. The molecule has 1 unspecified atom stereocenters. The molecule has 3 nitrogen and oxygen atoms in total. The Morgan fingerprint density at radius 2 is 1.24 bits per heavy atom. The first-order valence-electron chi connectivity index (χ1n) is 6.42. The van der Waals surface area contributed by atoms with Crippen LogP contribution in [0.25, 0.3) is 0 Å². The molecule has 0 bridgehead atoms. The molecule has 17 heteroatoms. The van der Waals surface area contributed by atoms with Gasteiger partial charge in [-0.15, -0.1) is 0 Å². The molecule has 1 atom stereocenters. The van der Waals surface area contributed by atoms with Crippen LogP contribution in [0, 0.1) is 17.5 Å². The lowest BCUT2D eigenvalue weighted by Gasteiger charge is -2.34. The fraction of sp³-hybridized carbons (Fsp3) is 0.417. The van der Waals surface area contributed by atoms with Crippen molar-refractivity contribution in [3.05, 3.63) is 29.6 Å². The zero-order valence-electron chi connectivity index (χ0n) is 12.8. The molecule has 1 aromatic carbocycles. The number of hydrogen-bond acceptors (Lipinski definition) is 2. The third kappa shape index (κ3) is 4.32. The Morgan fingerprint density at radius 1 is 0.759 bits per heavy atom. The van der Waals surface area contributed by atoms with Crippen LogP contribution in [0.5, 0.6) is 0 Å². The van der Waals surface area contributed by atoms with Crippen LogP contribution in [0.3, 0.4) is 0 Å². The lowest BCUT2D eigenvalue weighted by Crippen LogP contribution is -2.62. The Labute approximate surface area is 149 Å². The molecule has 0 saturated heterocycles. The third-order valence-corrected chi connectivity index (χ3v) is 2.93. The highest BCUT2D eigenvalue weighted by atomic mass is 19.4. The monoisotopic (exact) mass is 459 g/mol. The van der Waals surface area contributed by atoms with E-state index in [1.807, 2.05) is 4.74 Å². The van der Waals surface area contributed by atoms with Crippen LogP contribution in [0.1, 0.15) is 0 Å². The smallest absolute Gasteiger partial charge is 0.318 e. The number of hydrogen-bond donors (Lipinski definition) is 1. The SMILES string of the molecule is O=C(Nc1ccc(F)c(F)c1F)C(F)(OC(F)(F)C(F)(F)C(F)(F)F)C(F)(F)F. The van der Waals surface area contributed by atoms with Gasteiger partial charge in [-0.2, -0.15) is 48.3 Å². The van der Waals surface area contributed by atoms with Crippen LogP contribution in [0.2, 0.25) is 0 Å². The molecular weight excluding hydrogens is 456 g/mol. The average molecular weight is 459 g/mol. The molecule has 1 rings (SSSR count). The van der Waals surface area contributed by atoms with Gasteiger partial charge in [0, 0.05) is 0 Å². The zero-order valence-corrected chi connectivity index (χ0v) is 12.8. The van der Waals surface area contributed by atoms with E-state index in [-0.39, 0.29) is 12.1 Å². The van der Waals surface area contributed by atoms with Crippen LogP contribution in [0.15, 0.2) is 12.1 Å². The lowest BCUT2D eigenvalue weighted by atomic mass is 10.2. The van der Waals surface area contributed by atoms with E-state index >= 15 is 0 Å². The Morgan fingerprint density at radius 3 is 1.66 bits per heavy atom. The number of alkyl halides is 11. The number of benzene rings is 1. The highest BCUT2D eigenvalue weighted by Gasteiger charge is 2.79. The van der Waals surface area contributed by atoms with Gasteiger partial charge >= 0.3 is 30.2 Å². The Balaban J connectivity index is 3.39. The van der Waals surface area contributed by atoms with E-state index in [4.69, 9.17) is 0 Å². The summed E-state index contributed by atoms with van der Waals surface area (Å²) in [7, 11) is 0. The summed E-state index contributed by atoms with van der Waals surface area (Å²) in [6.45, 7) is 0. The molecule has 0 saturated carbocycles. The summed E-state index contributed by atoms with van der Waals surface area (Å²) < 4.78 is 180. The highest BCUT2D eigenvalue weighted by molar-refractivity contribution is 5.97. The molecule has 1 amide bonds. The number of anilines is 1. The van der Waals surface area contributed by atoms with E-state index in [9.17, 15) is 66.3 Å². The minimum Gasteiger partial charge on any atom is -0.318 e. The number of nitrogens with one attached hydrogen (secondary N) is 1. The summed E-state index contributed by atoms with van der Waals surface area (Å²) in [5, 5.41) is 0.438. The molecule has 29 heavy (non-hydrogen) atoms. The van der Waals surface area contributed by atoms with Crippen molar-refractivity contribution in [3.63, 3.8) is 0 Å². The predicted molar refractivity (Wildman–Crippen MR) is 61.9 cm³/mol. The van der Waals surface area contributed by atoms with Crippen LogP contribution in [-0.2, 0) is 9.53 Å². The molecule has 0 radical (unpaired) electrons. The maximum absolute atomic E-state index is 13.9. The fourth-order valence-electron chi connectivity index (χ4n) is 1.46. The minimum atomic E-state index is -7.42. The van der Waals surface area contributed by atoms with E-state index < -0.39 is 59.3 Å². The summed E-state index contributed by atoms with van der Waals surface area (Å²) in [4.78, 5) is 11.3. The van der Waals surface area contributed by atoms with Crippen molar-refractivity contribution in [2.45, 2.75) is 30.2 Å². The largest absolute Gasteiger partial charge is 0.462 e. The van der Waals surface area contributed by atoms with E-state index in [1.165, 1.54) is 0 Å². The maximum atomic E-state index is 13.9. The molecular formula is C12H3F14NO2. The summed E-state index contributed by atoms with van der Waals surface area (Å²) in [6, 6.07) is -0.0975. The minimum absolute atomic E-state index is 0.0468. The first-order valence-corrected chi connectivity index (χ1v) is 6.42. The van der Waals surface area contributed by atoms with Crippen molar-refractivity contribution in [3.8, 4) is 0 Å². The van der Waals surface area contributed by atoms with Gasteiger partial charge in [0.25, 0.3) is 5.91 Å². The Bertz CT molecular complexity index is 786. The molecule has 0 aliphatic heterocycles. The predicted octanol–water partition coefficient (Wildman–Crippen LogP) is 5.08. The van der Waals surface area contributed by atoms with Gasteiger partial charge in [-0.25, -0.2) is 13.2 Å². The number of carbonyl (C=O) groups is 1. The Kier molecular flexibility index (Phi) is 6.11. The first kappa shape index (κ1) is 24.7. The molecule has 0 heterocycles. The van der Waals surface area contributed by atoms with Crippen LogP contribution >= 0.6 is 0 Å². The molecule has 0 fully saturated rings. The van der Waals surface area contributed by atoms with Crippen molar-refractivity contribution >= 4 is 11.6 Å². The second-order valence-electron chi connectivity index (χ2n) is 4.96. The number of carbonyl (C=O) groups excluding carboxylic acids is 1. The normalized spacial score (nSPS) is 15.8. The van der Waals surface area contributed by atoms with E-state index in [1.54, 1.807) is 0 Å². The van der Waals surface area contributed by atoms with Gasteiger partial charge in [-0.3, -0.25) is 9.53 Å². The van der Waals surface area contributed by atoms with Gasteiger partial charge in [0.15, 0.2) is 17.5 Å². The number of ether oxygens (including phenoxy) is 1. The van der Waals surface area contributed by atoms with E-state index in [0.29, 0.717) is 5.32 Å². The quantitative estimate of drug-likeness (QED) is 0.493. The number of halogens is 14. The van der Waals surface area contributed by atoms with Crippen LogP contribution in [-0.4, -0.2) is 36.1 Å². The van der Waals surface area contributed by atoms with Crippen molar-refractivity contribution in [1.82, 2.24) is 0 Å². The zero-order chi connectivity index (χ0) is 23.2. The highest BCUT2D eigenvalue weighted by Crippen LogP contribution is 2.51.